The van der Waals surface area contributed by atoms with Gasteiger partial charge in [-0.3, -0.25) is 0 Å². The monoisotopic (exact) mass is 249 g/mol. The maximum absolute atomic E-state index is 13.2. The minimum absolute atomic E-state index is 0.207. The SMILES string of the molecule is CN(CCF)c1ccc(Br)cc1F. The third kappa shape index (κ3) is 2.66. The van der Waals surface area contributed by atoms with Crippen LogP contribution in [0.15, 0.2) is 22.7 Å². The van der Waals surface area contributed by atoms with Gasteiger partial charge in [-0.05, 0) is 18.2 Å². The molecule has 1 rings (SSSR count). The first-order valence-electron chi connectivity index (χ1n) is 3.87. The fourth-order valence-corrected chi connectivity index (χ4v) is 1.37. The lowest BCUT2D eigenvalue weighted by Crippen LogP contribution is -2.20. The molecule has 13 heavy (non-hydrogen) atoms. The lowest BCUT2D eigenvalue weighted by atomic mass is 10.3. The van der Waals surface area contributed by atoms with Gasteiger partial charge >= 0.3 is 0 Å². The summed E-state index contributed by atoms with van der Waals surface area (Å²) in [7, 11) is 1.66. The van der Waals surface area contributed by atoms with E-state index >= 15 is 0 Å². The van der Waals surface area contributed by atoms with Crippen LogP contribution in [0.2, 0.25) is 0 Å². The molecule has 0 aliphatic carbocycles. The molecule has 0 N–H and O–H groups in total. The van der Waals surface area contributed by atoms with Crippen molar-refractivity contribution in [3.8, 4) is 0 Å². The van der Waals surface area contributed by atoms with Crippen LogP contribution in [-0.4, -0.2) is 20.3 Å². The van der Waals surface area contributed by atoms with Crippen LogP contribution in [-0.2, 0) is 0 Å². The van der Waals surface area contributed by atoms with E-state index < -0.39 is 6.67 Å². The van der Waals surface area contributed by atoms with Crippen molar-refractivity contribution in [1.29, 1.82) is 0 Å². The molecule has 0 saturated heterocycles. The molecule has 0 aliphatic heterocycles. The summed E-state index contributed by atoms with van der Waals surface area (Å²) >= 11 is 3.15. The van der Waals surface area contributed by atoms with Gasteiger partial charge in [-0.2, -0.15) is 0 Å². The molecule has 72 valence electrons. The summed E-state index contributed by atoms with van der Waals surface area (Å²) in [6.07, 6.45) is 0. The second-order valence-electron chi connectivity index (χ2n) is 2.71. The quantitative estimate of drug-likeness (QED) is 0.797. The highest BCUT2D eigenvalue weighted by atomic mass is 79.9. The van der Waals surface area contributed by atoms with Crippen molar-refractivity contribution in [1.82, 2.24) is 0 Å². The molecule has 0 amide bonds. The first-order chi connectivity index (χ1) is 6.15. The van der Waals surface area contributed by atoms with Gasteiger partial charge in [-0.25, -0.2) is 8.78 Å². The third-order valence-electron chi connectivity index (χ3n) is 1.74. The van der Waals surface area contributed by atoms with Crippen molar-refractivity contribution in [2.75, 3.05) is 25.2 Å². The van der Waals surface area contributed by atoms with Crippen molar-refractivity contribution in [2.45, 2.75) is 0 Å². The van der Waals surface area contributed by atoms with Gasteiger partial charge < -0.3 is 4.90 Å². The number of alkyl halides is 1. The molecule has 1 aromatic rings. The summed E-state index contributed by atoms with van der Waals surface area (Å²) in [5, 5.41) is 0. The molecule has 0 unspecified atom stereocenters. The van der Waals surface area contributed by atoms with Gasteiger partial charge in [0, 0.05) is 18.1 Å². The molecule has 0 atom stereocenters. The molecule has 1 aromatic carbocycles. The zero-order valence-electron chi connectivity index (χ0n) is 7.23. The van der Waals surface area contributed by atoms with Crippen LogP contribution in [0, 0.1) is 5.82 Å². The van der Waals surface area contributed by atoms with Crippen molar-refractivity contribution in [3.05, 3.63) is 28.5 Å². The molecule has 0 aromatic heterocycles. The van der Waals surface area contributed by atoms with E-state index in [9.17, 15) is 8.78 Å². The Labute approximate surface area is 84.5 Å². The van der Waals surface area contributed by atoms with E-state index in [1.165, 1.54) is 6.07 Å². The number of benzene rings is 1. The summed E-state index contributed by atoms with van der Waals surface area (Å²) in [6.45, 7) is -0.273. The summed E-state index contributed by atoms with van der Waals surface area (Å²) < 4.78 is 25.9. The summed E-state index contributed by atoms with van der Waals surface area (Å²) in [4.78, 5) is 1.54. The predicted molar refractivity (Wildman–Crippen MR) is 53.3 cm³/mol. The number of nitrogens with zero attached hydrogens (tertiary/aromatic N) is 1. The normalized spacial score (nSPS) is 10.2. The van der Waals surface area contributed by atoms with Crippen LogP contribution in [0.4, 0.5) is 14.5 Å². The molecule has 4 heteroatoms. The number of anilines is 1. The molecule has 0 spiro atoms. The van der Waals surface area contributed by atoms with E-state index in [4.69, 9.17) is 0 Å². The Morgan fingerprint density at radius 2 is 2.15 bits per heavy atom. The summed E-state index contributed by atoms with van der Waals surface area (Å²) in [5.74, 6) is -0.342. The second kappa shape index (κ2) is 4.56. The first kappa shape index (κ1) is 10.4. The van der Waals surface area contributed by atoms with E-state index in [0.29, 0.717) is 10.2 Å². The first-order valence-corrected chi connectivity index (χ1v) is 4.66. The number of hydrogen-bond acceptors (Lipinski definition) is 1. The third-order valence-corrected chi connectivity index (χ3v) is 2.23. The van der Waals surface area contributed by atoms with Crippen molar-refractivity contribution < 1.29 is 8.78 Å². The minimum atomic E-state index is -0.480. The average Bonchev–Trinajstić information content (AvgIpc) is 2.04. The number of rotatable bonds is 3. The van der Waals surface area contributed by atoms with Crippen molar-refractivity contribution in [2.24, 2.45) is 0 Å². The molecule has 0 bridgehead atoms. The highest BCUT2D eigenvalue weighted by molar-refractivity contribution is 9.10. The Morgan fingerprint density at radius 1 is 1.46 bits per heavy atom. The van der Waals surface area contributed by atoms with Gasteiger partial charge in [0.15, 0.2) is 0 Å². The van der Waals surface area contributed by atoms with Crippen LogP contribution in [0.5, 0.6) is 0 Å². The molecule has 0 fully saturated rings. The molecular formula is C9H10BrF2N. The second-order valence-corrected chi connectivity index (χ2v) is 3.62. The van der Waals surface area contributed by atoms with E-state index in [1.54, 1.807) is 24.1 Å². The molecular weight excluding hydrogens is 240 g/mol. The summed E-state index contributed by atoms with van der Waals surface area (Å²) in [6, 6.07) is 4.71. The fraction of sp³-hybridized carbons (Fsp3) is 0.333. The Kier molecular flexibility index (Phi) is 3.66. The van der Waals surface area contributed by atoms with E-state index in [0.717, 1.165) is 0 Å². The molecule has 0 aliphatic rings. The fourth-order valence-electron chi connectivity index (χ4n) is 1.04. The Balaban J connectivity index is 2.88. The van der Waals surface area contributed by atoms with Crippen molar-refractivity contribution >= 4 is 21.6 Å². The highest BCUT2D eigenvalue weighted by Gasteiger charge is 2.06. The lowest BCUT2D eigenvalue weighted by molar-refractivity contribution is 0.495. The maximum Gasteiger partial charge on any atom is 0.147 e. The van der Waals surface area contributed by atoms with E-state index in [2.05, 4.69) is 15.9 Å². The molecule has 0 saturated carbocycles. The molecule has 1 nitrogen and oxygen atoms in total. The van der Waals surface area contributed by atoms with Gasteiger partial charge in [0.1, 0.15) is 12.5 Å². The lowest BCUT2D eigenvalue weighted by Gasteiger charge is -2.17. The smallest absolute Gasteiger partial charge is 0.147 e. The van der Waals surface area contributed by atoms with E-state index in [1.807, 2.05) is 0 Å². The number of halogens is 3. The van der Waals surface area contributed by atoms with Crippen LogP contribution in [0.1, 0.15) is 0 Å². The zero-order chi connectivity index (χ0) is 9.84. The number of hydrogen-bond donors (Lipinski definition) is 0. The topological polar surface area (TPSA) is 3.24 Å². The zero-order valence-corrected chi connectivity index (χ0v) is 8.81. The standard InChI is InChI=1S/C9H10BrF2N/c1-13(5-4-11)9-3-2-7(10)6-8(9)12/h2-3,6H,4-5H2,1H3. The molecule has 0 heterocycles. The van der Waals surface area contributed by atoms with E-state index in [-0.39, 0.29) is 12.4 Å². The average molecular weight is 250 g/mol. The minimum Gasteiger partial charge on any atom is -0.370 e. The highest BCUT2D eigenvalue weighted by Crippen LogP contribution is 2.21. The van der Waals surface area contributed by atoms with Gasteiger partial charge in [0.2, 0.25) is 0 Å². The molecule has 0 radical (unpaired) electrons. The van der Waals surface area contributed by atoms with Gasteiger partial charge in [-0.1, -0.05) is 15.9 Å². The predicted octanol–water partition coefficient (Wildman–Crippen LogP) is 2.99. The van der Waals surface area contributed by atoms with Crippen LogP contribution >= 0.6 is 15.9 Å². The Morgan fingerprint density at radius 3 is 2.69 bits per heavy atom. The summed E-state index contributed by atoms with van der Waals surface area (Å²) in [5.41, 5.74) is 0.417. The van der Waals surface area contributed by atoms with Crippen LogP contribution < -0.4 is 4.90 Å². The van der Waals surface area contributed by atoms with Gasteiger partial charge in [0.25, 0.3) is 0 Å². The maximum atomic E-state index is 13.2. The van der Waals surface area contributed by atoms with Gasteiger partial charge in [0.05, 0.1) is 5.69 Å². The van der Waals surface area contributed by atoms with Crippen LogP contribution in [0.3, 0.4) is 0 Å². The van der Waals surface area contributed by atoms with Gasteiger partial charge in [-0.15, -0.1) is 0 Å². The van der Waals surface area contributed by atoms with Crippen LogP contribution in [0.25, 0.3) is 0 Å². The van der Waals surface area contributed by atoms with Crippen molar-refractivity contribution in [3.63, 3.8) is 0 Å². The largest absolute Gasteiger partial charge is 0.370 e. The Bertz CT molecular complexity index is 291. The Hall–Kier alpha value is -0.640.